The lowest BCUT2D eigenvalue weighted by Gasteiger charge is -2.38. The molecule has 0 unspecified atom stereocenters. The summed E-state index contributed by atoms with van der Waals surface area (Å²) < 4.78 is 0. The Morgan fingerprint density at radius 1 is 1.17 bits per heavy atom. The summed E-state index contributed by atoms with van der Waals surface area (Å²) in [4.78, 5) is 12.3. The molecule has 0 heterocycles. The molecule has 0 aliphatic carbocycles. The number of carbonyl (C=O) groups excluding carboxylic acids is 1. The number of nitrogens with one attached hydrogen (secondary N) is 1. The Morgan fingerprint density at radius 3 is 2.22 bits per heavy atom. The van der Waals surface area contributed by atoms with E-state index in [1.54, 1.807) is 19.9 Å². The van der Waals surface area contributed by atoms with E-state index >= 15 is 0 Å². The molecule has 3 heteroatoms. The maximum Gasteiger partial charge on any atom is 0.252 e. The van der Waals surface area contributed by atoms with Gasteiger partial charge in [0.05, 0.1) is 11.1 Å². The zero-order valence-electron chi connectivity index (χ0n) is 12.1. The quantitative estimate of drug-likeness (QED) is 0.865. The Bertz CT molecular complexity index is 456. The molecule has 1 rings (SSSR count). The Morgan fingerprint density at radius 2 is 1.72 bits per heavy atom. The average Bonchev–Trinajstić information content (AvgIpc) is 2.19. The third-order valence-corrected chi connectivity index (χ3v) is 3.80. The third kappa shape index (κ3) is 2.91. The fourth-order valence-corrected chi connectivity index (χ4v) is 1.50. The molecular formula is C15H23NO2. The molecule has 18 heavy (non-hydrogen) atoms. The molecule has 0 saturated heterocycles. The maximum absolute atomic E-state index is 12.3. The highest BCUT2D eigenvalue weighted by molar-refractivity contribution is 5.96. The molecular weight excluding hydrogens is 226 g/mol. The summed E-state index contributed by atoms with van der Waals surface area (Å²) in [7, 11) is 0. The zero-order valence-corrected chi connectivity index (χ0v) is 12.1. The highest BCUT2D eigenvalue weighted by atomic mass is 16.3. The van der Waals surface area contributed by atoms with Gasteiger partial charge < -0.3 is 10.4 Å². The molecule has 0 radical (unpaired) electrons. The van der Waals surface area contributed by atoms with Crippen LogP contribution < -0.4 is 5.32 Å². The normalized spacial score (nSPS) is 12.4. The molecule has 1 amide bonds. The summed E-state index contributed by atoms with van der Waals surface area (Å²) in [6.07, 6.45) is 0. The van der Waals surface area contributed by atoms with Crippen molar-refractivity contribution in [3.63, 3.8) is 0 Å². The average molecular weight is 249 g/mol. The van der Waals surface area contributed by atoms with Crippen LogP contribution >= 0.6 is 0 Å². The third-order valence-electron chi connectivity index (χ3n) is 3.80. The second kappa shape index (κ2) is 4.73. The Kier molecular flexibility index (Phi) is 3.86. The second-order valence-electron chi connectivity index (χ2n) is 5.89. The number of amides is 1. The summed E-state index contributed by atoms with van der Waals surface area (Å²) in [5.41, 5.74) is 1.04. The predicted molar refractivity (Wildman–Crippen MR) is 73.8 cm³/mol. The minimum Gasteiger partial charge on any atom is -0.388 e. The van der Waals surface area contributed by atoms with E-state index in [1.165, 1.54) is 0 Å². The first kappa shape index (κ1) is 14.7. The number of hydrogen-bond acceptors (Lipinski definition) is 2. The smallest absolute Gasteiger partial charge is 0.252 e. The molecule has 1 aromatic rings. The summed E-state index contributed by atoms with van der Waals surface area (Å²) in [5, 5.41) is 12.9. The highest BCUT2D eigenvalue weighted by Gasteiger charge is 2.36. The van der Waals surface area contributed by atoms with Crippen molar-refractivity contribution in [1.29, 1.82) is 0 Å². The van der Waals surface area contributed by atoms with Gasteiger partial charge >= 0.3 is 0 Å². The second-order valence-corrected chi connectivity index (χ2v) is 5.89. The number of carbonyl (C=O) groups is 1. The van der Waals surface area contributed by atoms with Crippen molar-refractivity contribution in [2.24, 2.45) is 0 Å². The molecule has 0 bridgehead atoms. The number of benzene rings is 1. The van der Waals surface area contributed by atoms with E-state index in [0.717, 1.165) is 11.1 Å². The highest BCUT2D eigenvalue weighted by Crippen LogP contribution is 2.22. The van der Waals surface area contributed by atoms with Crippen LogP contribution in [0.4, 0.5) is 0 Å². The molecule has 3 nitrogen and oxygen atoms in total. The summed E-state index contributed by atoms with van der Waals surface area (Å²) in [5.74, 6) is -0.150. The zero-order chi connectivity index (χ0) is 14.1. The van der Waals surface area contributed by atoms with Crippen LogP contribution in [0.25, 0.3) is 0 Å². The summed E-state index contributed by atoms with van der Waals surface area (Å²) in [6.45, 7) is 10.9. The fourth-order valence-electron chi connectivity index (χ4n) is 1.50. The van der Waals surface area contributed by atoms with E-state index in [-0.39, 0.29) is 5.91 Å². The topological polar surface area (TPSA) is 49.3 Å². The van der Waals surface area contributed by atoms with Gasteiger partial charge in [-0.1, -0.05) is 12.1 Å². The fraction of sp³-hybridized carbons (Fsp3) is 0.533. The van der Waals surface area contributed by atoms with Crippen LogP contribution in [0.15, 0.2) is 18.2 Å². The van der Waals surface area contributed by atoms with Crippen molar-refractivity contribution in [2.75, 3.05) is 0 Å². The number of aryl methyl sites for hydroxylation is 1. The summed E-state index contributed by atoms with van der Waals surface area (Å²) in [6, 6.07) is 5.65. The minimum atomic E-state index is -0.986. The van der Waals surface area contributed by atoms with Crippen LogP contribution in [0.3, 0.4) is 0 Å². The van der Waals surface area contributed by atoms with Crippen LogP contribution in [0.5, 0.6) is 0 Å². The SMILES string of the molecule is Cc1cccc(C(=O)NC(C)(C)C(C)(C)O)c1C. The van der Waals surface area contributed by atoms with E-state index in [1.807, 2.05) is 39.8 Å². The van der Waals surface area contributed by atoms with Gasteiger partial charge in [-0.15, -0.1) is 0 Å². The van der Waals surface area contributed by atoms with Gasteiger partial charge in [-0.2, -0.15) is 0 Å². The minimum absolute atomic E-state index is 0.150. The molecule has 100 valence electrons. The molecule has 2 N–H and O–H groups in total. The van der Waals surface area contributed by atoms with Crippen LogP contribution in [0, 0.1) is 13.8 Å². The van der Waals surface area contributed by atoms with Gasteiger partial charge in [0.25, 0.3) is 5.91 Å². The van der Waals surface area contributed by atoms with Gasteiger partial charge in [0.1, 0.15) is 0 Å². The van der Waals surface area contributed by atoms with Crippen molar-refractivity contribution < 1.29 is 9.90 Å². The van der Waals surface area contributed by atoms with Crippen molar-refractivity contribution >= 4 is 5.91 Å². The maximum atomic E-state index is 12.3. The van der Waals surface area contributed by atoms with E-state index in [9.17, 15) is 9.90 Å². The first-order valence-electron chi connectivity index (χ1n) is 6.17. The van der Waals surface area contributed by atoms with Crippen LogP contribution in [0.1, 0.15) is 49.2 Å². The van der Waals surface area contributed by atoms with E-state index in [2.05, 4.69) is 5.32 Å². The van der Waals surface area contributed by atoms with Gasteiger partial charge in [0.15, 0.2) is 0 Å². The van der Waals surface area contributed by atoms with Crippen molar-refractivity contribution in [3.8, 4) is 0 Å². The molecule has 0 atom stereocenters. The lowest BCUT2D eigenvalue weighted by atomic mass is 9.85. The van der Waals surface area contributed by atoms with E-state index in [4.69, 9.17) is 0 Å². The van der Waals surface area contributed by atoms with Crippen molar-refractivity contribution in [1.82, 2.24) is 5.32 Å². The van der Waals surface area contributed by atoms with Crippen LogP contribution in [0.2, 0.25) is 0 Å². The van der Waals surface area contributed by atoms with Crippen molar-refractivity contribution in [2.45, 2.75) is 52.7 Å². The van der Waals surface area contributed by atoms with Crippen molar-refractivity contribution in [3.05, 3.63) is 34.9 Å². The van der Waals surface area contributed by atoms with Crippen LogP contribution in [-0.4, -0.2) is 22.2 Å². The van der Waals surface area contributed by atoms with Crippen LogP contribution in [-0.2, 0) is 0 Å². The molecule has 0 aliphatic rings. The van der Waals surface area contributed by atoms with E-state index in [0.29, 0.717) is 5.56 Å². The largest absolute Gasteiger partial charge is 0.388 e. The Labute approximate surface area is 109 Å². The lowest BCUT2D eigenvalue weighted by Crippen LogP contribution is -2.57. The molecule has 0 aromatic heterocycles. The Hall–Kier alpha value is -1.35. The number of rotatable bonds is 3. The first-order valence-corrected chi connectivity index (χ1v) is 6.17. The van der Waals surface area contributed by atoms with Gasteiger partial charge in [-0.05, 0) is 58.7 Å². The Balaban J connectivity index is 3.00. The standard InChI is InChI=1S/C15H23NO2/c1-10-8-7-9-12(11(10)2)13(17)16-14(3,4)15(5,6)18/h7-9,18H,1-6H3,(H,16,17). The van der Waals surface area contributed by atoms with E-state index < -0.39 is 11.1 Å². The number of hydrogen-bond donors (Lipinski definition) is 2. The molecule has 0 fully saturated rings. The van der Waals surface area contributed by atoms with Gasteiger partial charge in [-0.25, -0.2) is 0 Å². The molecule has 0 saturated carbocycles. The number of aliphatic hydroxyl groups is 1. The first-order chi connectivity index (χ1) is 8.06. The van der Waals surface area contributed by atoms with Gasteiger partial charge in [0, 0.05) is 5.56 Å². The predicted octanol–water partition coefficient (Wildman–Crippen LogP) is 2.58. The lowest BCUT2D eigenvalue weighted by molar-refractivity contribution is -0.00294. The molecule has 0 spiro atoms. The summed E-state index contributed by atoms with van der Waals surface area (Å²) >= 11 is 0. The van der Waals surface area contributed by atoms with Gasteiger partial charge in [-0.3, -0.25) is 4.79 Å². The van der Waals surface area contributed by atoms with Gasteiger partial charge in [0.2, 0.25) is 0 Å². The molecule has 1 aromatic carbocycles. The molecule has 0 aliphatic heterocycles. The monoisotopic (exact) mass is 249 g/mol.